The molecule has 0 spiro atoms. The van der Waals surface area contributed by atoms with E-state index in [1.54, 1.807) is 13.2 Å². The number of H-pyrrole nitrogens is 1. The van der Waals surface area contributed by atoms with Crippen LogP contribution in [0.5, 0.6) is 0 Å². The van der Waals surface area contributed by atoms with Gasteiger partial charge in [-0.3, -0.25) is 5.10 Å². The quantitative estimate of drug-likeness (QED) is 0.518. The predicted molar refractivity (Wildman–Crippen MR) is 59.0 cm³/mol. The average Bonchev–Trinajstić information content (AvgIpc) is 2.73. The molecule has 7 heteroatoms. The van der Waals surface area contributed by atoms with Crippen LogP contribution in [0.15, 0.2) is 11.2 Å². The molecule has 0 amide bonds. The van der Waals surface area contributed by atoms with Crippen LogP contribution < -0.4 is 5.32 Å². The molecule has 2 rings (SSSR count). The molecule has 80 valence electrons. The highest BCUT2D eigenvalue weighted by Gasteiger charge is 2.08. The Morgan fingerprint density at radius 3 is 3.13 bits per heavy atom. The van der Waals surface area contributed by atoms with Gasteiger partial charge in [-0.25, -0.2) is 4.98 Å². The Morgan fingerprint density at radius 2 is 2.40 bits per heavy atom. The average molecular weight is 225 g/mol. The molecule has 15 heavy (non-hydrogen) atoms. The van der Waals surface area contributed by atoms with Gasteiger partial charge in [-0.2, -0.15) is 10.1 Å². The van der Waals surface area contributed by atoms with Crippen LogP contribution in [0.1, 0.15) is 0 Å². The van der Waals surface area contributed by atoms with Crippen molar-refractivity contribution in [2.24, 2.45) is 0 Å². The third-order valence-electron chi connectivity index (χ3n) is 1.83. The molecule has 0 aromatic carbocycles. The molecule has 6 nitrogen and oxygen atoms in total. The predicted octanol–water partition coefficient (Wildman–Crippen LogP) is 0.479. The summed E-state index contributed by atoms with van der Waals surface area (Å²) in [5, 5.41) is 20.1. The maximum Gasteiger partial charge on any atom is 0.225 e. The van der Waals surface area contributed by atoms with Gasteiger partial charge in [-0.05, 0) is 0 Å². The normalized spacial score (nSPS) is 10.8. The molecule has 0 saturated heterocycles. The van der Waals surface area contributed by atoms with E-state index in [4.69, 9.17) is 5.11 Å². The Labute approximate surface area is 90.5 Å². The third-order valence-corrected chi connectivity index (χ3v) is 2.80. The lowest BCUT2D eigenvalue weighted by Gasteiger charge is -2.03. The van der Waals surface area contributed by atoms with Gasteiger partial charge in [0.25, 0.3) is 0 Å². The largest absolute Gasteiger partial charge is 0.396 e. The number of nitrogens with one attached hydrogen (secondary N) is 2. The Morgan fingerprint density at radius 1 is 1.53 bits per heavy atom. The van der Waals surface area contributed by atoms with E-state index in [2.05, 4.69) is 25.5 Å². The second kappa shape index (κ2) is 4.45. The molecule has 0 bridgehead atoms. The maximum atomic E-state index is 8.77. The fourth-order valence-corrected chi connectivity index (χ4v) is 1.91. The van der Waals surface area contributed by atoms with Gasteiger partial charge in [-0.15, -0.1) is 11.8 Å². The minimum Gasteiger partial charge on any atom is -0.396 e. The smallest absolute Gasteiger partial charge is 0.225 e. The molecule has 0 unspecified atom stereocenters. The van der Waals surface area contributed by atoms with Crippen molar-refractivity contribution in [1.29, 1.82) is 0 Å². The second-order valence-corrected chi connectivity index (χ2v) is 3.89. The van der Waals surface area contributed by atoms with Gasteiger partial charge in [0.05, 0.1) is 18.2 Å². The Balaban J connectivity index is 2.43. The minimum absolute atomic E-state index is 0.128. The first-order valence-electron chi connectivity index (χ1n) is 4.47. The molecule has 3 N–H and O–H groups in total. The fourth-order valence-electron chi connectivity index (χ4n) is 1.17. The number of anilines is 1. The summed E-state index contributed by atoms with van der Waals surface area (Å²) in [4.78, 5) is 8.51. The molecule has 0 aliphatic carbocycles. The van der Waals surface area contributed by atoms with Gasteiger partial charge >= 0.3 is 0 Å². The van der Waals surface area contributed by atoms with E-state index in [0.717, 1.165) is 10.4 Å². The Bertz CT molecular complexity index is 457. The van der Waals surface area contributed by atoms with Crippen molar-refractivity contribution >= 4 is 28.7 Å². The summed E-state index contributed by atoms with van der Waals surface area (Å²) >= 11 is 1.48. The molecule has 0 fully saturated rings. The van der Waals surface area contributed by atoms with Crippen molar-refractivity contribution in [3.05, 3.63) is 6.20 Å². The van der Waals surface area contributed by atoms with E-state index >= 15 is 0 Å². The van der Waals surface area contributed by atoms with Crippen molar-refractivity contribution < 1.29 is 5.11 Å². The maximum absolute atomic E-state index is 8.77. The van der Waals surface area contributed by atoms with Crippen LogP contribution in [0.3, 0.4) is 0 Å². The van der Waals surface area contributed by atoms with Crippen molar-refractivity contribution in [3.63, 3.8) is 0 Å². The zero-order valence-corrected chi connectivity index (χ0v) is 9.01. The monoisotopic (exact) mass is 225 g/mol. The highest BCUT2D eigenvalue weighted by Crippen LogP contribution is 2.24. The lowest BCUT2D eigenvalue weighted by Crippen LogP contribution is -1.98. The molecule has 2 aromatic heterocycles. The first kappa shape index (κ1) is 10.2. The van der Waals surface area contributed by atoms with E-state index in [-0.39, 0.29) is 6.61 Å². The van der Waals surface area contributed by atoms with Gasteiger partial charge in [0.1, 0.15) is 5.03 Å². The summed E-state index contributed by atoms with van der Waals surface area (Å²) in [6, 6.07) is 0. The first-order valence-corrected chi connectivity index (χ1v) is 5.46. The summed E-state index contributed by atoms with van der Waals surface area (Å²) in [5.74, 6) is 1.16. The highest BCUT2D eigenvalue weighted by atomic mass is 32.2. The second-order valence-electron chi connectivity index (χ2n) is 2.81. The molecule has 0 radical (unpaired) electrons. The van der Waals surface area contributed by atoms with Crippen LogP contribution in [0, 0.1) is 0 Å². The van der Waals surface area contributed by atoms with Gasteiger partial charge in [-0.1, -0.05) is 0 Å². The lowest BCUT2D eigenvalue weighted by atomic mass is 10.4. The van der Waals surface area contributed by atoms with Crippen LogP contribution in [-0.2, 0) is 0 Å². The Hall–Kier alpha value is -1.34. The SMILES string of the molecule is CNc1nc(SCCO)c2cn[nH]c2n1. The van der Waals surface area contributed by atoms with Gasteiger partial charge < -0.3 is 10.4 Å². The minimum atomic E-state index is 0.128. The van der Waals surface area contributed by atoms with Gasteiger partial charge in [0.2, 0.25) is 5.95 Å². The first-order chi connectivity index (χ1) is 7.35. The molecule has 0 saturated carbocycles. The number of aliphatic hydroxyl groups is 1. The van der Waals surface area contributed by atoms with Crippen molar-refractivity contribution in [2.75, 3.05) is 24.7 Å². The number of hydrogen-bond donors (Lipinski definition) is 3. The molecular weight excluding hydrogens is 214 g/mol. The van der Waals surface area contributed by atoms with Gasteiger partial charge in [0.15, 0.2) is 5.65 Å². The molecule has 0 aliphatic heterocycles. The van der Waals surface area contributed by atoms with E-state index in [0.29, 0.717) is 17.3 Å². The number of thioether (sulfide) groups is 1. The number of fused-ring (bicyclic) bond motifs is 1. The lowest BCUT2D eigenvalue weighted by molar-refractivity contribution is 0.322. The highest BCUT2D eigenvalue weighted by molar-refractivity contribution is 7.99. The van der Waals surface area contributed by atoms with E-state index in [9.17, 15) is 0 Å². The Kier molecular flexibility index (Phi) is 3.02. The number of hydrogen-bond acceptors (Lipinski definition) is 6. The molecule has 0 aliphatic rings. The standard InChI is InChI=1S/C8H11N5OS/c1-9-8-11-6-5(4-10-13-6)7(12-8)15-3-2-14/h4,14H,2-3H2,1H3,(H2,9,10,11,12,13). The molecule has 2 aromatic rings. The number of rotatable bonds is 4. The molecular formula is C8H11N5OS. The van der Waals surface area contributed by atoms with Crippen LogP contribution in [0.25, 0.3) is 11.0 Å². The zero-order chi connectivity index (χ0) is 10.7. The van der Waals surface area contributed by atoms with E-state index in [1.165, 1.54) is 11.8 Å². The van der Waals surface area contributed by atoms with Crippen LogP contribution in [0.4, 0.5) is 5.95 Å². The van der Waals surface area contributed by atoms with Crippen molar-refractivity contribution in [1.82, 2.24) is 20.2 Å². The van der Waals surface area contributed by atoms with Gasteiger partial charge in [0, 0.05) is 12.8 Å². The summed E-state index contributed by atoms with van der Waals surface area (Å²) in [5.41, 5.74) is 0.704. The summed E-state index contributed by atoms with van der Waals surface area (Å²) < 4.78 is 0. The summed E-state index contributed by atoms with van der Waals surface area (Å²) in [6.45, 7) is 0.128. The number of aliphatic hydroxyl groups excluding tert-OH is 1. The topological polar surface area (TPSA) is 86.7 Å². The van der Waals surface area contributed by atoms with Crippen molar-refractivity contribution in [2.45, 2.75) is 5.03 Å². The van der Waals surface area contributed by atoms with Crippen LogP contribution in [-0.4, -0.2) is 44.7 Å². The third kappa shape index (κ3) is 2.02. The molecule has 2 heterocycles. The van der Waals surface area contributed by atoms with Crippen LogP contribution in [0.2, 0.25) is 0 Å². The van der Waals surface area contributed by atoms with Crippen LogP contribution >= 0.6 is 11.8 Å². The fraction of sp³-hybridized carbons (Fsp3) is 0.375. The number of nitrogens with zero attached hydrogens (tertiary/aromatic N) is 3. The number of aromatic amines is 1. The van der Waals surface area contributed by atoms with Crippen molar-refractivity contribution in [3.8, 4) is 0 Å². The van der Waals surface area contributed by atoms with E-state index < -0.39 is 0 Å². The summed E-state index contributed by atoms with van der Waals surface area (Å²) in [7, 11) is 1.76. The molecule has 0 atom stereocenters. The zero-order valence-electron chi connectivity index (χ0n) is 8.19. The summed E-state index contributed by atoms with van der Waals surface area (Å²) in [6.07, 6.45) is 1.69. The van der Waals surface area contributed by atoms with E-state index in [1.807, 2.05) is 0 Å². The number of aromatic nitrogens is 4.